The minimum Gasteiger partial charge on any atom is -0.480 e. The Morgan fingerprint density at radius 1 is 1.63 bits per heavy atom. The van der Waals surface area contributed by atoms with E-state index in [-0.39, 0.29) is 0 Å². The molecule has 19 heavy (non-hydrogen) atoms. The summed E-state index contributed by atoms with van der Waals surface area (Å²) in [7, 11) is 3.64. The quantitative estimate of drug-likeness (QED) is 0.565. The van der Waals surface area contributed by atoms with Crippen LogP contribution < -0.4 is 5.32 Å². The zero-order valence-electron chi connectivity index (χ0n) is 12.1. The van der Waals surface area contributed by atoms with Gasteiger partial charge in [-0.05, 0) is 45.1 Å². The van der Waals surface area contributed by atoms with Crippen molar-refractivity contribution in [3.8, 4) is 0 Å². The van der Waals surface area contributed by atoms with Crippen LogP contribution >= 0.6 is 11.8 Å². The first-order valence-electron chi connectivity index (χ1n) is 6.51. The Morgan fingerprint density at radius 2 is 2.32 bits per heavy atom. The molecule has 1 unspecified atom stereocenters. The summed E-state index contributed by atoms with van der Waals surface area (Å²) in [5.74, 6) is 0.134. The normalized spacial score (nSPS) is 14.3. The van der Waals surface area contributed by atoms with E-state index in [0.29, 0.717) is 12.8 Å². The van der Waals surface area contributed by atoms with Crippen LogP contribution in [0, 0.1) is 6.92 Å². The minimum atomic E-state index is -0.789. The molecule has 0 aliphatic heterocycles. The standard InChI is InChI=1S/C13H23N3O2S/c1-5-13(14-3,12(17)18)7-6-8-19-11-9-10(2)15-16(11)4/h9,14H,5-8H2,1-4H3,(H,17,18). The minimum absolute atomic E-state index is 0.592. The molecule has 0 spiro atoms. The second-order valence-electron chi connectivity index (χ2n) is 4.69. The Balaban J connectivity index is 2.45. The molecule has 1 aromatic heterocycles. The SMILES string of the molecule is CCC(CCCSc1cc(C)nn1C)(NC)C(=O)O. The van der Waals surface area contributed by atoms with Gasteiger partial charge in [0.15, 0.2) is 0 Å². The summed E-state index contributed by atoms with van der Waals surface area (Å²) in [6.07, 6.45) is 2.09. The van der Waals surface area contributed by atoms with Crippen LogP contribution in [0.3, 0.4) is 0 Å². The molecular formula is C13H23N3O2S. The first-order chi connectivity index (χ1) is 8.95. The highest BCUT2D eigenvalue weighted by Gasteiger charge is 2.33. The molecule has 1 atom stereocenters. The summed E-state index contributed by atoms with van der Waals surface area (Å²) in [5, 5.41) is 17.7. The van der Waals surface area contributed by atoms with Crippen LogP contribution in [0.2, 0.25) is 0 Å². The Hall–Kier alpha value is -1.01. The van der Waals surface area contributed by atoms with E-state index in [1.54, 1.807) is 18.8 Å². The number of thioether (sulfide) groups is 1. The van der Waals surface area contributed by atoms with Gasteiger partial charge in [-0.3, -0.25) is 9.48 Å². The van der Waals surface area contributed by atoms with E-state index in [4.69, 9.17) is 0 Å². The number of aliphatic carboxylic acids is 1. The van der Waals surface area contributed by atoms with Gasteiger partial charge in [0, 0.05) is 7.05 Å². The van der Waals surface area contributed by atoms with Gasteiger partial charge in [0.05, 0.1) is 10.7 Å². The zero-order chi connectivity index (χ0) is 14.5. The number of hydrogen-bond donors (Lipinski definition) is 2. The highest BCUT2D eigenvalue weighted by atomic mass is 32.2. The van der Waals surface area contributed by atoms with Crippen LogP contribution in [0.1, 0.15) is 31.9 Å². The van der Waals surface area contributed by atoms with Crippen molar-refractivity contribution in [2.75, 3.05) is 12.8 Å². The number of carboxylic acids is 1. The Kier molecular flexibility index (Phi) is 5.87. The van der Waals surface area contributed by atoms with Gasteiger partial charge < -0.3 is 10.4 Å². The first kappa shape index (κ1) is 16.0. The maximum absolute atomic E-state index is 11.3. The number of aromatic nitrogens is 2. The van der Waals surface area contributed by atoms with Crippen molar-refractivity contribution < 1.29 is 9.90 Å². The average Bonchev–Trinajstić information content (AvgIpc) is 2.68. The van der Waals surface area contributed by atoms with Crippen LogP contribution in [0.25, 0.3) is 0 Å². The number of likely N-dealkylation sites (N-methyl/N-ethyl adjacent to an activating group) is 1. The molecule has 0 bridgehead atoms. The summed E-state index contributed by atoms with van der Waals surface area (Å²) in [6.45, 7) is 3.87. The van der Waals surface area contributed by atoms with Crippen molar-refractivity contribution >= 4 is 17.7 Å². The number of nitrogens with one attached hydrogen (secondary N) is 1. The fourth-order valence-electron chi connectivity index (χ4n) is 2.12. The predicted octanol–water partition coefficient (Wildman–Crippen LogP) is 2.05. The smallest absolute Gasteiger partial charge is 0.323 e. The largest absolute Gasteiger partial charge is 0.480 e. The Labute approximate surface area is 118 Å². The highest BCUT2D eigenvalue weighted by Crippen LogP contribution is 2.23. The van der Waals surface area contributed by atoms with Crippen molar-refractivity contribution in [3.63, 3.8) is 0 Å². The predicted molar refractivity (Wildman–Crippen MR) is 77.6 cm³/mol. The molecule has 5 nitrogen and oxygen atoms in total. The molecule has 1 aromatic rings. The summed E-state index contributed by atoms with van der Waals surface area (Å²) >= 11 is 1.72. The van der Waals surface area contributed by atoms with Crippen LogP contribution in [0.5, 0.6) is 0 Å². The number of hydrogen-bond acceptors (Lipinski definition) is 4. The van der Waals surface area contributed by atoms with Gasteiger partial charge in [-0.1, -0.05) is 6.92 Å². The van der Waals surface area contributed by atoms with E-state index < -0.39 is 11.5 Å². The number of carboxylic acid groups (broad SMARTS) is 1. The maximum Gasteiger partial charge on any atom is 0.323 e. The van der Waals surface area contributed by atoms with Crippen molar-refractivity contribution in [2.45, 2.75) is 43.7 Å². The third-order valence-corrected chi connectivity index (χ3v) is 4.62. The van der Waals surface area contributed by atoms with Crippen LogP contribution in [-0.4, -0.2) is 39.2 Å². The van der Waals surface area contributed by atoms with Crippen molar-refractivity contribution in [1.29, 1.82) is 0 Å². The lowest BCUT2D eigenvalue weighted by Crippen LogP contribution is -2.49. The molecule has 0 fully saturated rings. The number of nitrogens with zero attached hydrogens (tertiary/aromatic N) is 2. The lowest BCUT2D eigenvalue weighted by molar-refractivity contribution is -0.145. The van der Waals surface area contributed by atoms with Gasteiger partial charge in [-0.25, -0.2) is 0 Å². The zero-order valence-corrected chi connectivity index (χ0v) is 12.9. The molecule has 1 rings (SSSR count). The highest BCUT2D eigenvalue weighted by molar-refractivity contribution is 7.99. The third kappa shape index (κ3) is 3.98. The molecule has 0 saturated carbocycles. The molecule has 0 saturated heterocycles. The molecule has 1 heterocycles. The van der Waals surface area contributed by atoms with E-state index in [9.17, 15) is 9.90 Å². The van der Waals surface area contributed by atoms with Crippen molar-refractivity contribution in [2.24, 2.45) is 7.05 Å². The lowest BCUT2D eigenvalue weighted by atomic mass is 9.91. The summed E-state index contributed by atoms with van der Waals surface area (Å²) in [5.41, 5.74) is 0.219. The van der Waals surface area contributed by atoms with E-state index in [1.807, 2.05) is 31.6 Å². The topological polar surface area (TPSA) is 67.2 Å². The maximum atomic E-state index is 11.3. The van der Waals surface area contributed by atoms with Gasteiger partial charge >= 0.3 is 5.97 Å². The summed E-state index contributed by atoms with van der Waals surface area (Å²) in [6, 6.07) is 2.05. The molecule has 6 heteroatoms. The molecule has 0 radical (unpaired) electrons. The van der Waals surface area contributed by atoms with Gasteiger partial charge in [-0.15, -0.1) is 11.8 Å². The van der Waals surface area contributed by atoms with Gasteiger partial charge in [0.1, 0.15) is 5.54 Å². The van der Waals surface area contributed by atoms with Gasteiger partial charge in [0.2, 0.25) is 0 Å². The van der Waals surface area contributed by atoms with E-state index >= 15 is 0 Å². The van der Waals surface area contributed by atoms with E-state index in [0.717, 1.165) is 22.9 Å². The fourth-order valence-corrected chi connectivity index (χ4v) is 3.10. The summed E-state index contributed by atoms with van der Waals surface area (Å²) < 4.78 is 1.86. The summed E-state index contributed by atoms with van der Waals surface area (Å²) in [4.78, 5) is 11.3. The fraction of sp³-hybridized carbons (Fsp3) is 0.692. The second kappa shape index (κ2) is 6.96. The second-order valence-corrected chi connectivity index (χ2v) is 5.81. The third-order valence-electron chi connectivity index (χ3n) is 3.45. The molecule has 0 aliphatic carbocycles. The molecule has 0 amide bonds. The van der Waals surface area contributed by atoms with Crippen LogP contribution in [0.15, 0.2) is 11.1 Å². The first-order valence-corrected chi connectivity index (χ1v) is 7.49. The molecule has 108 valence electrons. The Bertz CT molecular complexity index is 428. The number of aryl methyl sites for hydroxylation is 2. The average molecular weight is 285 g/mol. The molecule has 0 aliphatic rings. The molecular weight excluding hydrogens is 262 g/mol. The van der Waals surface area contributed by atoms with Gasteiger partial charge in [-0.2, -0.15) is 5.10 Å². The number of carbonyl (C=O) groups is 1. The van der Waals surface area contributed by atoms with Crippen LogP contribution in [0.4, 0.5) is 0 Å². The van der Waals surface area contributed by atoms with Crippen LogP contribution in [-0.2, 0) is 11.8 Å². The monoisotopic (exact) mass is 285 g/mol. The van der Waals surface area contributed by atoms with Crippen molar-refractivity contribution in [3.05, 3.63) is 11.8 Å². The molecule has 0 aromatic carbocycles. The van der Waals surface area contributed by atoms with Crippen molar-refractivity contribution in [1.82, 2.24) is 15.1 Å². The Morgan fingerprint density at radius 3 is 2.74 bits per heavy atom. The number of rotatable bonds is 8. The molecule has 2 N–H and O–H groups in total. The van der Waals surface area contributed by atoms with E-state index in [2.05, 4.69) is 10.4 Å². The van der Waals surface area contributed by atoms with E-state index in [1.165, 1.54) is 0 Å². The lowest BCUT2D eigenvalue weighted by Gasteiger charge is -2.27. The van der Waals surface area contributed by atoms with Gasteiger partial charge in [0.25, 0.3) is 0 Å².